The summed E-state index contributed by atoms with van der Waals surface area (Å²) in [5, 5.41) is 6.02. The molecule has 0 fully saturated rings. The van der Waals surface area contributed by atoms with Crippen LogP contribution in [0.1, 0.15) is 94.7 Å². The van der Waals surface area contributed by atoms with Gasteiger partial charge in [0, 0.05) is 11.7 Å². The van der Waals surface area contributed by atoms with Crippen molar-refractivity contribution in [3.05, 3.63) is 64.2 Å². The number of carbonyl (C=O) groups is 3. The smallest absolute Gasteiger partial charge is 0.408 e. The fourth-order valence-corrected chi connectivity index (χ4v) is 5.48. The van der Waals surface area contributed by atoms with Gasteiger partial charge in [-0.05, 0) is 120 Å². The number of para-hydroxylation sites is 1. The number of nitrogens with zero attached hydrogens (tertiary/aromatic N) is 1. The molecule has 7 nitrogen and oxygen atoms in total. The predicted molar refractivity (Wildman–Crippen MR) is 180 cm³/mol. The van der Waals surface area contributed by atoms with Crippen LogP contribution in [0.2, 0.25) is 0 Å². The Bertz CT molecular complexity index is 1230. The van der Waals surface area contributed by atoms with Crippen molar-refractivity contribution in [2.45, 2.75) is 112 Å². The first-order valence-electron chi connectivity index (χ1n) is 15.3. The molecule has 8 heteroatoms. The number of carbonyl (C=O) groups excluding carboxylic acids is 3. The Hall–Kier alpha value is -3.00. The van der Waals surface area contributed by atoms with Gasteiger partial charge < -0.3 is 20.3 Å². The minimum atomic E-state index is -0.912. The maximum absolute atomic E-state index is 14.7. The van der Waals surface area contributed by atoms with E-state index in [2.05, 4.69) is 24.5 Å². The van der Waals surface area contributed by atoms with Gasteiger partial charge in [-0.15, -0.1) is 0 Å². The Labute approximate surface area is 263 Å². The lowest BCUT2D eigenvalue weighted by atomic mass is 9.94. The van der Waals surface area contributed by atoms with Gasteiger partial charge in [0.2, 0.25) is 5.91 Å². The zero-order valence-electron chi connectivity index (χ0n) is 28.1. The molecule has 2 aromatic carbocycles. The van der Waals surface area contributed by atoms with Crippen LogP contribution in [0.15, 0.2) is 36.4 Å². The van der Waals surface area contributed by atoms with Crippen LogP contribution < -0.4 is 10.6 Å². The van der Waals surface area contributed by atoms with E-state index in [1.807, 2.05) is 77.3 Å². The fourth-order valence-electron chi connectivity index (χ4n) is 5.01. The Kier molecular flexibility index (Phi) is 13.6. The molecule has 3 amide bonds. The lowest BCUT2D eigenvalue weighted by molar-refractivity contribution is -0.143. The van der Waals surface area contributed by atoms with Crippen LogP contribution in [-0.4, -0.2) is 52.5 Å². The van der Waals surface area contributed by atoms with Gasteiger partial charge in [-0.1, -0.05) is 50.2 Å². The van der Waals surface area contributed by atoms with Crippen LogP contribution in [0, 0.1) is 33.6 Å². The molecular formula is C35H53N3O4S. The van der Waals surface area contributed by atoms with Gasteiger partial charge in [0.05, 0.1) is 0 Å². The Morgan fingerprint density at radius 1 is 0.884 bits per heavy atom. The van der Waals surface area contributed by atoms with Crippen molar-refractivity contribution in [1.29, 1.82) is 0 Å². The van der Waals surface area contributed by atoms with Crippen molar-refractivity contribution >= 4 is 35.4 Å². The van der Waals surface area contributed by atoms with E-state index >= 15 is 0 Å². The number of ether oxygens (including phenoxy) is 1. The number of aryl methyl sites for hydroxylation is 4. The van der Waals surface area contributed by atoms with Crippen LogP contribution in [0.5, 0.6) is 0 Å². The molecule has 0 aliphatic heterocycles. The van der Waals surface area contributed by atoms with Crippen molar-refractivity contribution in [2.24, 2.45) is 5.92 Å². The molecule has 0 heterocycles. The lowest BCUT2D eigenvalue weighted by Gasteiger charge is -2.39. The van der Waals surface area contributed by atoms with E-state index in [0.29, 0.717) is 24.5 Å². The van der Waals surface area contributed by atoms with Crippen LogP contribution in [0.3, 0.4) is 0 Å². The zero-order chi connectivity index (χ0) is 32.5. The molecular weight excluding hydrogens is 558 g/mol. The Morgan fingerprint density at radius 2 is 1.51 bits per heavy atom. The second kappa shape index (κ2) is 16.2. The monoisotopic (exact) mass is 611 g/mol. The first-order chi connectivity index (χ1) is 20.0. The third kappa shape index (κ3) is 10.9. The topological polar surface area (TPSA) is 87.7 Å². The zero-order valence-corrected chi connectivity index (χ0v) is 28.9. The molecule has 2 rings (SSSR count). The number of amides is 3. The van der Waals surface area contributed by atoms with Gasteiger partial charge in [-0.25, -0.2) is 4.79 Å². The van der Waals surface area contributed by atoms with E-state index in [-0.39, 0.29) is 17.9 Å². The van der Waals surface area contributed by atoms with Gasteiger partial charge in [-0.2, -0.15) is 11.8 Å². The molecule has 0 aliphatic carbocycles. The number of anilines is 1. The summed E-state index contributed by atoms with van der Waals surface area (Å²) in [5.74, 6) is 0.501. The molecule has 0 radical (unpaired) electrons. The molecule has 0 bridgehead atoms. The first kappa shape index (κ1) is 36.2. The average molecular weight is 612 g/mol. The summed E-state index contributed by atoms with van der Waals surface area (Å²) in [6.45, 7) is 19.6. The molecule has 2 N–H and O–H groups in total. The minimum absolute atomic E-state index is 0.276. The van der Waals surface area contributed by atoms with Crippen molar-refractivity contribution in [2.75, 3.05) is 17.3 Å². The average Bonchev–Trinajstić information content (AvgIpc) is 2.90. The number of rotatable bonds is 13. The van der Waals surface area contributed by atoms with E-state index in [1.165, 1.54) is 0 Å². The van der Waals surface area contributed by atoms with Crippen molar-refractivity contribution in [3.63, 3.8) is 0 Å². The summed E-state index contributed by atoms with van der Waals surface area (Å²) in [7, 11) is 0. The Balaban J connectivity index is 2.69. The minimum Gasteiger partial charge on any atom is -0.444 e. The summed E-state index contributed by atoms with van der Waals surface area (Å²) in [6, 6.07) is 9.77. The standard InChI is InChI=1S/C35H53N3O4S/c1-22(2)15-17-27(7)38(33(40)29(19-20-43-11)36-34(41)42-35(8,9)10)31(28-18-16-23(3)26(6)21-28)32(39)37-30-24(4)13-12-14-25(30)5/h12-14,16,18,21-22,27,29,31H,15,17,19-20H2,1-11H3,(H,36,41)(H,37,39). The predicted octanol–water partition coefficient (Wildman–Crippen LogP) is 7.90. The van der Waals surface area contributed by atoms with Gasteiger partial charge in [-0.3, -0.25) is 9.59 Å². The second-order valence-electron chi connectivity index (χ2n) is 13.0. The molecule has 2 aromatic rings. The number of hydrogen-bond acceptors (Lipinski definition) is 5. The summed E-state index contributed by atoms with van der Waals surface area (Å²) in [4.78, 5) is 43.7. The number of hydrogen-bond donors (Lipinski definition) is 2. The number of benzene rings is 2. The Morgan fingerprint density at radius 3 is 2.05 bits per heavy atom. The molecule has 43 heavy (non-hydrogen) atoms. The fraction of sp³-hybridized carbons (Fsp3) is 0.571. The SMILES string of the molecule is CSCCC(NC(=O)OC(C)(C)C)C(=O)N(C(C)CCC(C)C)C(C(=O)Nc1c(C)cccc1C)c1ccc(C)c(C)c1. The van der Waals surface area contributed by atoms with E-state index < -0.39 is 23.8 Å². The molecule has 0 aromatic heterocycles. The molecule has 3 atom stereocenters. The first-order valence-corrected chi connectivity index (χ1v) is 16.7. The summed E-state index contributed by atoms with van der Waals surface area (Å²) in [5.41, 5.74) is 4.80. The summed E-state index contributed by atoms with van der Waals surface area (Å²) < 4.78 is 5.54. The van der Waals surface area contributed by atoms with E-state index in [4.69, 9.17) is 4.74 Å². The van der Waals surface area contributed by atoms with Crippen LogP contribution in [-0.2, 0) is 14.3 Å². The quantitative estimate of drug-likeness (QED) is 0.240. The highest BCUT2D eigenvalue weighted by Gasteiger charge is 2.39. The largest absolute Gasteiger partial charge is 0.444 e. The second-order valence-corrected chi connectivity index (χ2v) is 14.0. The molecule has 0 saturated carbocycles. The maximum atomic E-state index is 14.7. The summed E-state index contributed by atoms with van der Waals surface area (Å²) in [6.07, 6.45) is 3.32. The highest BCUT2D eigenvalue weighted by Crippen LogP contribution is 2.31. The van der Waals surface area contributed by atoms with E-state index in [0.717, 1.165) is 39.9 Å². The third-order valence-corrected chi connectivity index (χ3v) is 8.24. The van der Waals surface area contributed by atoms with Crippen molar-refractivity contribution < 1.29 is 19.1 Å². The normalized spacial score (nSPS) is 13.7. The van der Waals surface area contributed by atoms with Crippen LogP contribution >= 0.6 is 11.8 Å². The number of nitrogens with one attached hydrogen (secondary N) is 2. The molecule has 0 saturated heterocycles. The number of thioether (sulfide) groups is 1. The highest BCUT2D eigenvalue weighted by atomic mass is 32.2. The maximum Gasteiger partial charge on any atom is 0.408 e. The molecule has 3 unspecified atom stereocenters. The van der Waals surface area contributed by atoms with E-state index in [1.54, 1.807) is 37.4 Å². The summed E-state index contributed by atoms with van der Waals surface area (Å²) >= 11 is 1.60. The lowest BCUT2D eigenvalue weighted by Crippen LogP contribution is -2.55. The van der Waals surface area contributed by atoms with Crippen molar-refractivity contribution in [3.8, 4) is 0 Å². The van der Waals surface area contributed by atoms with Crippen LogP contribution in [0.25, 0.3) is 0 Å². The number of alkyl carbamates (subject to hydrolysis) is 1. The molecule has 0 aliphatic rings. The van der Waals surface area contributed by atoms with Crippen molar-refractivity contribution in [1.82, 2.24) is 10.2 Å². The van der Waals surface area contributed by atoms with Gasteiger partial charge in [0.15, 0.2) is 0 Å². The van der Waals surface area contributed by atoms with Gasteiger partial charge in [0.1, 0.15) is 17.7 Å². The van der Waals surface area contributed by atoms with Gasteiger partial charge >= 0.3 is 6.09 Å². The highest BCUT2D eigenvalue weighted by molar-refractivity contribution is 7.98. The van der Waals surface area contributed by atoms with Gasteiger partial charge in [0.25, 0.3) is 5.91 Å². The molecule has 238 valence electrons. The third-order valence-electron chi connectivity index (χ3n) is 7.59. The van der Waals surface area contributed by atoms with Crippen LogP contribution in [0.4, 0.5) is 10.5 Å². The van der Waals surface area contributed by atoms with E-state index in [9.17, 15) is 14.4 Å². The molecule has 0 spiro atoms.